The predicted octanol–water partition coefficient (Wildman–Crippen LogP) is 3.65. The van der Waals surface area contributed by atoms with E-state index >= 15 is 0 Å². The lowest BCUT2D eigenvalue weighted by atomic mass is 10.0. The minimum Gasteiger partial charge on any atom is -0.441 e. The van der Waals surface area contributed by atoms with Gasteiger partial charge in [0.2, 0.25) is 0 Å². The lowest BCUT2D eigenvalue weighted by Gasteiger charge is -2.20. The van der Waals surface area contributed by atoms with E-state index in [1.807, 2.05) is 44.4 Å². The maximum Gasteiger partial charge on any atom is 0.339 e. The fourth-order valence-electron chi connectivity index (χ4n) is 3.37. The molecule has 3 rings (SSSR count). The molecule has 0 aromatic heterocycles. The van der Waals surface area contributed by atoms with E-state index < -0.39 is 0 Å². The summed E-state index contributed by atoms with van der Waals surface area (Å²) in [4.78, 5) is 26.6. The first-order valence-electron chi connectivity index (χ1n) is 9.86. The van der Waals surface area contributed by atoms with E-state index in [-0.39, 0.29) is 18.7 Å². The number of esters is 1. The van der Waals surface area contributed by atoms with Crippen LogP contribution in [0.3, 0.4) is 0 Å². The van der Waals surface area contributed by atoms with Crippen LogP contribution in [0.2, 0.25) is 0 Å². The number of hydrogen-bond donors (Lipinski definition) is 1. The molecule has 30 heavy (non-hydrogen) atoms. The number of nitrogens with two attached hydrogens (primary N) is 1. The molecule has 0 saturated carbocycles. The summed E-state index contributed by atoms with van der Waals surface area (Å²) in [6.07, 6.45) is 3.74. The molecule has 6 nitrogen and oxygen atoms in total. The summed E-state index contributed by atoms with van der Waals surface area (Å²) in [7, 11) is 1.83. The molecule has 1 unspecified atom stereocenters. The number of allylic oxidation sites excluding steroid dienone is 1. The molecule has 0 bridgehead atoms. The van der Waals surface area contributed by atoms with E-state index in [1.54, 1.807) is 41.1 Å². The van der Waals surface area contributed by atoms with Gasteiger partial charge in [-0.1, -0.05) is 30.3 Å². The van der Waals surface area contributed by atoms with Crippen LogP contribution >= 0.6 is 11.9 Å². The van der Waals surface area contributed by atoms with E-state index in [0.29, 0.717) is 11.1 Å². The minimum absolute atomic E-state index is 0.109. The Morgan fingerprint density at radius 3 is 2.70 bits per heavy atom. The van der Waals surface area contributed by atoms with Crippen molar-refractivity contribution < 1.29 is 14.3 Å². The SMILES string of the molecule is C/C(=C/N(C)COC(=O)c1ccccc1)c1c(C=O)cccc1SN1CCC(N)C1. The third kappa shape index (κ3) is 5.72. The van der Waals surface area contributed by atoms with Gasteiger partial charge >= 0.3 is 5.97 Å². The zero-order chi connectivity index (χ0) is 21.5. The average molecular weight is 426 g/mol. The van der Waals surface area contributed by atoms with Crippen molar-refractivity contribution in [1.29, 1.82) is 0 Å². The number of ether oxygens (including phenoxy) is 1. The summed E-state index contributed by atoms with van der Waals surface area (Å²) >= 11 is 1.63. The highest BCUT2D eigenvalue weighted by atomic mass is 32.2. The fraction of sp³-hybridized carbons (Fsp3) is 0.304. The van der Waals surface area contributed by atoms with Gasteiger partial charge in [0, 0.05) is 48.4 Å². The number of aldehydes is 1. The highest BCUT2D eigenvalue weighted by Gasteiger charge is 2.22. The van der Waals surface area contributed by atoms with Gasteiger partial charge in [0.1, 0.15) is 0 Å². The molecule has 0 amide bonds. The van der Waals surface area contributed by atoms with Crippen molar-refractivity contribution >= 4 is 29.8 Å². The van der Waals surface area contributed by atoms with Gasteiger partial charge in [0.15, 0.2) is 13.0 Å². The second-order valence-electron chi connectivity index (χ2n) is 7.36. The van der Waals surface area contributed by atoms with Crippen molar-refractivity contribution in [3.63, 3.8) is 0 Å². The molecule has 2 aromatic rings. The van der Waals surface area contributed by atoms with E-state index in [1.165, 1.54) is 0 Å². The summed E-state index contributed by atoms with van der Waals surface area (Å²) in [6, 6.07) is 14.8. The van der Waals surface area contributed by atoms with Gasteiger partial charge in [-0.2, -0.15) is 0 Å². The zero-order valence-corrected chi connectivity index (χ0v) is 18.1. The third-order valence-corrected chi connectivity index (χ3v) is 5.94. The van der Waals surface area contributed by atoms with Crippen molar-refractivity contribution in [2.45, 2.75) is 24.3 Å². The van der Waals surface area contributed by atoms with Gasteiger partial charge < -0.3 is 15.4 Å². The molecule has 0 aliphatic carbocycles. The second-order valence-corrected chi connectivity index (χ2v) is 8.50. The molecule has 1 fully saturated rings. The first kappa shape index (κ1) is 22.1. The van der Waals surface area contributed by atoms with Crippen LogP contribution in [-0.2, 0) is 4.74 Å². The lowest BCUT2D eigenvalue weighted by Crippen LogP contribution is -2.22. The first-order valence-corrected chi connectivity index (χ1v) is 10.6. The smallest absolute Gasteiger partial charge is 0.339 e. The Morgan fingerprint density at radius 1 is 1.27 bits per heavy atom. The quantitative estimate of drug-likeness (QED) is 0.299. The van der Waals surface area contributed by atoms with Crippen molar-refractivity contribution in [1.82, 2.24) is 9.21 Å². The topological polar surface area (TPSA) is 75.9 Å². The number of benzene rings is 2. The molecular weight excluding hydrogens is 398 g/mol. The monoisotopic (exact) mass is 425 g/mol. The largest absolute Gasteiger partial charge is 0.441 e. The molecule has 2 aromatic carbocycles. The predicted molar refractivity (Wildman–Crippen MR) is 120 cm³/mol. The van der Waals surface area contributed by atoms with Crippen LogP contribution in [0, 0.1) is 0 Å². The number of nitrogens with zero attached hydrogens (tertiary/aromatic N) is 2. The molecule has 1 heterocycles. The summed E-state index contributed by atoms with van der Waals surface area (Å²) < 4.78 is 7.61. The molecule has 7 heteroatoms. The average Bonchev–Trinajstić information content (AvgIpc) is 3.16. The fourth-order valence-corrected chi connectivity index (χ4v) is 4.62. The Hall–Kier alpha value is -2.61. The molecule has 0 spiro atoms. The summed E-state index contributed by atoms with van der Waals surface area (Å²) in [5, 5.41) is 0. The molecular formula is C23H27N3O3S. The maximum absolute atomic E-state index is 12.1. The molecule has 1 aliphatic heterocycles. The van der Waals surface area contributed by atoms with Crippen molar-refractivity contribution in [2.24, 2.45) is 5.73 Å². The van der Waals surface area contributed by atoms with Gasteiger partial charge in [-0.15, -0.1) is 0 Å². The second kappa shape index (κ2) is 10.4. The van der Waals surface area contributed by atoms with Crippen LogP contribution in [0.15, 0.2) is 59.6 Å². The first-order chi connectivity index (χ1) is 14.5. The van der Waals surface area contributed by atoms with Crippen molar-refractivity contribution in [2.75, 3.05) is 26.9 Å². The van der Waals surface area contributed by atoms with E-state index in [0.717, 1.165) is 41.8 Å². The number of hydrogen-bond acceptors (Lipinski definition) is 7. The summed E-state index contributed by atoms with van der Waals surface area (Å²) in [5.41, 5.74) is 8.98. The normalized spacial score (nSPS) is 17.0. The van der Waals surface area contributed by atoms with E-state index in [9.17, 15) is 9.59 Å². The number of carbonyl (C=O) groups is 2. The van der Waals surface area contributed by atoms with Gasteiger partial charge in [-0.25, -0.2) is 9.10 Å². The van der Waals surface area contributed by atoms with Gasteiger partial charge in [-0.3, -0.25) is 4.79 Å². The molecule has 2 N–H and O–H groups in total. The molecule has 1 aliphatic rings. The van der Waals surface area contributed by atoms with Crippen LogP contribution in [-0.4, -0.2) is 54.4 Å². The van der Waals surface area contributed by atoms with Crippen LogP contribution in [0.5, 0.6) is 0 Å². The molecule has 0 radical (unpaired) electrons. The van der Waals surface area contributed by atoms with Crippen LogP contribution in [0.1, 0.15) is 39.6 Å². The Bertz CT molecular complexity index is 917. The Balaban J connectivity index is 1.72. The van der Waals surface area contributed by atoms with Crippen molar-refractivity contribution in [3.05, 3.63) is 71.4 Å². The lowest BCUT2D eigenvalue weighted by molar-refractivity contribution is 0.0351. The highest BCUT2D eigenvalue weighted by Crippen LogP contribution is 2.34. The van der Waals surface area contributed by atoms with Gasteiger partial charge in [0.25, 0.3) is 0 Å². The van der Waals surface area contributed by atoms with Crippen LogP contribution < -0.4 is 5.73 Å². The van der Waals surface area contributed by atoms with Gasteiger partial charge in [-0.05, 0) is 49.1 Å². The third-order valence-electron chi connectivity index (χ3n) is 4.82. The van der Waals surface area contributed by atoms with E-state index in [2.05, 4.69) is 4.31 Å². The standard InChI is InChI=1S/C23H27N3O3S/c1-17(13-25(2)16-29-23(28)18-7-4-3-5-8-18)22-19(15-27)9-6-10-21(22)30-26-12-11-20(24)14-26/h3-10,13,15,20H,11-12,14,16,24H2,1-2H3/b17-13-. The maximum atomic E-state index is 12.1. The molecule has 1 atom stereocenters. The van der Waals surface area contributed by atoms with E-state index in [4.69, 9.17) is 10.5 Å². The van der Waals surface area contributed by atoms with Crippen molar-refractivity contribution in [3.8, 4) is 0 Å². The molecule has 1 saturated heterocycles. The Labute approximate surface area is 181 Å². The zero-order valence-electron chi connectivity index (χ0n) is 17.3. The number of carbonyl (C=O) groups excluding carboxylic acids is 2. The number of rotatable bonds is 8. The van der Waals surface area contributed by atoms with Crippen LogP contribution in [0.4, 0.5) is 0 Å². The van der Waals surface area contributed by atoms with Crippen LogP contribution in [0.25, 0.3) is 5.57 Å². The Kier molecular flexibility index (Phi) is 7.68. The van der Waals surface area contributed by atoms with Gasteiger partial charge in [0.05, 0.1) is 5.56 Å². The minimum atomic E-state index is -0.372. The molecule has 158 valence electrons. The highest BCUT2D eigenvalue weighted by molar-refractivity contribution is 7.97. The Morgan fingerprint density at radius 2 is 2.03 bits per heavy atom. The summed E-state index contributed by atoms with van der Waals surface area (Å²) in [6.45, 7) is 3.82. The summed E-state index contributed by atoms with van der Waals surface area (Å²) in [5.74, 6) is -0.372.